The van der Waals surface area contributed by atoms with E-state index in [0.29, 0.717) is 6.04 Å². The van der Waals surface area contributed by atoms with Crippen LogP contribution in [-0.2, 0) is 0 Å². The molecule has 2 atom stereocenters. The SMILES string of the molecule is CCNCN(C)C(C)C(C)C(C)C. The number of rotatable bonds is 6. The van der Waals surface area contributed by atoms with Crippen LogP contribution < -0.4 is 5.32 Å². The minimum atomic E-state index is 0.652. The van der Waals surface area contributed by atoms with Crippen molar-refractivity contribution in [2.75, 3.05) is 20.3 Å². The summed E-state index contributed by atoms with van der Waals surface area (Å²) in [6.07, 6.45) is 0. The molecule has 0 radical (unpaired) electrons. The number of hydrogen-bond donors (Lipinski definition) is 1. The zero-order valence-corrected chi connectivity index (χ0v) is 10.1. The summed E-state index contributed by atoms with van der Waals surface area (Å²) >= 11 is 0. The predicted molar refractivity (Wildman–Crippen MR) is 59.8 cm³/mol. The van der Waals surface area contributed by atoms with Crippen LogP contribution in [0.1, 0.15) is 34.6 Å². The van der Waals surface area contributed by atoms with Gasteiger partial charge in [0.1, 0.15) is 0 Å². The normalized spacial score (nSPS) is 16.6. The van der Waals surface area contributed by atoms with Crippen LogP contribution >= 0.6 is 0 Å². The standard InChI is InChI=1S/C11H26N2/c1-7-12-8-13(6)11(5)10(4)9(2)3/h9-12H,7-8H2,1-6H3. The molecule has 0 aromatic heterocycles. The minimum Gasteiger partial charge on any atom is -0.305 e. The second-order valence-corrected chi connectivity index (χ2v) is 4.36. The lowest BCUT2D eigenvalue weighted by atomic mass is 9.91. The lowest BCUT2D eigenvalue weighted by Gasteiger charge is -2.32. The van der Waals surface area contributed by atoms with Crippen molar-refractivity contribution in [2.24, 2.45) is 11.8 Å². The van der Waals surface area contributed by atoms with Crippen LogP contribution in [-0.4, -0.2) is 31.2 Å². The maximum atomic E-state index is 3.35. The highest BCUT2D eigenvalue weighted by molar-refractivity contribution is 4.71. The van der Waals surface area contributed by atoms with Gasteiger partial charge in [0.25, 0.3) is 0 Å². The van der Waals surface area contributed by atoms with Gasteiger partial charge in [-0.25, -0.2) is 0 Å². The van der Waals surface area contributed by atoms with E-state index in [1.165, 1.54) is 0 Å². The van der Waals surface area contributed by atoms with Crippen molar-refractivity contribution in [3.63, 3.8) is 0 Å². The Balaban J connectivity index is 3.86. The summed E-state index contributed by atoms with van der Waals surface area (Å²) in [5.41, 5.74) is 0. The van der Waals surface area contributed by atoms with Gasteiger partial charge in [0.2, 0.25) is 0 Å². The molecule has 0 heterocycles. The Bertz CT molecular complexity index is 123. The van der Waals surface area contributed by atoms with E-state index >= 15 is 0 Å². The van der Waals surface area contributed by atoms with Gasteiger partial charge in [-0.05, 0) is 32.4 Å². The van der Waals surface area contributed by atoms with Crippen LogP contribution in [0, 0.1) is 11.8 Å². The Morgan fingerprint density at radius 3 is 2.08 bits per heavy atom. The van der Waals surface area contributed by atoms with Crippen LogP contribution in [0.25, 0.3) is 0 Å². The first-order valence-electron chi connectivity index (χ1n) is 5.41. The molecular formula is C11H26N2. The van der Waals surface area contributed by atoms with Gasteiger partial charge in [0, 0.05) is 12.7 Å². The molecule has 0 fully saturated rings. The fraction of sp³-hybridized carbons (Fsp3) is 1.00. The van der Waals surface area contributed by atoms with Crippen molar-refractivity contribution in [3.05, 3.63) is 0 Å². The average molecular weight is 186 g/mol. The molecule has 2 nitrogen and oxygen atoms in total. The topological polar surface area (TPSA) is 15.3 Å². The maximum Gasteiger partial charge on any atom is 0.0480 e. The Morgan fingerprint density at radius 1 is 1.15 bits per heavy atom. The monoisotopic (exact) mass is 186 g/mol. The van der Waals surface area contributed by atoms with Gasteiger partial charge in [-0.3, -0.25) is 4.90 Å². The highest BCUT2D eigenvalue weighted by Crippen LogP contribution is 2.17. The first kappa shape index (κ1) is 12.9. The second kappa shape index (κ2) is 6.39. The third-order valence-electron chi connectivity index (χ3n) is 3.12. The van der Waals surface area contributed by atoms with Crippen LogP contribution in [0.3, 0.4) is 0 Å². The Labute approximate surface area is 83.7 Å². The summed E-state index contributed by atoms with van der Waals surface area (Å²) in [6.45, 7) is 13.4. The molecule has 0 spiro atoms. The molecule has 0 aromatic rings. The predicted octanol–water partition coefficient (Wildman–Crippen LogP) is 2.17. The van der Waals surface area contributed by atoms with Crippen molar-refractivity contribution in [2.45, 2.75) is 40.7 Å². The van der Waals surface area contributed by atoms with Gasteiger partial charge in [-0.1, -0.05) is 27.7 Å². The van der Waals surface area contributed by atoms with E-state index in [2.05, 4.69) is 51.9 Å². The van der Waals surface area contributed by atoms with Crippen molar-refractivity contribution in [1.82, 2.24) is 10.2 Å². The molecule has 1 N–H and O–H groups in total. The van der Waals surface area contributed by atoms with Crippen molar-refractivity contribution in [3.8, 4) is 0 Å². The highest BCUT2D eigenvalue weighted by Gasteiger charge is 2.18. The number of nitrogens with one attached hydrogen (secondary N) is 1. The summed E-state index contributed by atoms with van der Waals surface area (Å²) in [7, 11) is 2.19. The van der Waals surface area contributed by atoms with Crippen LogP contribution in [0.2, 0.25) is 0 Å². The van der Waals surface area contributed by atoms with Gasteiger partial charge in [0.15, 0.2) is 0 Å². The Kier molecular flexibility index (Phi) is 6.35. The molecule has 13 heavy (non-hydrogen) atoms. The van der Waals surface area contributed by atoms with E-state index in [1.54, 1.807) is 0 Å². The molecule has 80 valence electrons. The van der Waals surface area contributed by atoms with Gasteiger partial charge in [-0.2, -0.15) is 0 Å². The molecule has 0 aromatic carbocycles. The molecule has 0 saturated heterocycles. The van der Waals surface area contributed by atoms with Crippen molar-refractivity contribution < 1.29 is 0 Å². The van der Waals surface area contributed by atoms with E-state index in [9.17, 15) is 0 Å². The molecule has 0 saturated carbocycles. The molecule has 2 heteroatoms. The van der Waals surface area contributed by atoms with Crippen LogP contribution in [0.5, 0.6) is 0 Å². The molecule has 2 unspecified atom stereocenters. The Hall–Kier alpha value is -0.0800. The summed E-state index contributed by atoms with van der Waals surface area (Å²) < 4.78 is 0. The van der Waals surface area contributed by atoms with Crippen molar-refractivity contribution >= 4 is 0 Å². The quantitative estimate of drug-likeness (QED) is 0.640. The van der Waals surface area contributed by atoms with Gasteiger partial charge in [-0.15, -0.1) is 0 Å². The summed E-state index contributed by atoms with van der Waals surface area (Å²) in [5.74, 6) is 1.52. The van der Waals surface area contributed by atoms with Gasteiger partial charge in [0.05, 0.1) is 0 Å². The summed E-state index contributed by atoms with van der Waals surface area (Å²) in [6, 6.07) is 0.652. The first-order valence-corrected chi connectivity index (χ1v) is 5.41. The average Bonchev–Trinajstić information content (AvgIpc) is 2.11. The third kappa shape index (κ3) is 4.63. The van der Waals surface area contributed by atoms with E-state index in [4.69, 9.17) is 0 Å². The summed E-state index contributed by atoms with van der Waals surface area (Å²) in [4.78, 5) is 2.38. The molecule has 0 aliphatic rings. The minimum absolute atomic E-state index is 0.652. The fourth-order valence-corrected chi connectivity index (χ4v) is 1.39. The zero-order chi connectivity index (χ0) is 10.4. The smallest absolute Gasteiger partial charge is 0.0480 e. The lowest BCUT2D eigenvalue weighted by Crippen LogP contribution is -2.41. The molecule has 0 aliphatic carbocycles. The van der Waals surface area contributed by atoms with Crippen molar-refractivity contribution in [1.29, 1.82) is 0 Å². The summed E-state index contributed by atoms with van der Waals surface area (Å²) in [5, 5.41) is 3.35. The second-order valence-electron chi connectivity index (χ2n) is 4.36. The highest BCUT2D eigenvalue weighted by atomic mass is 15.2. The van der Waals surface area contributed by atoms with Crippen LogP contribution in [0.4, 0.5) is 0 Å². The molecule has 0 rings (SSSR count). The van der Waals surface area contributed by atoms with E-state index < -0.39 is 0 Å². The van der Waals surface area contributed by atoms with Gasteiger partial charge >= 0.3 is 0 Å². The molecule has 0 amide bonds. The third-order valence-corrected chi connectivity index (χ3v) is 3.12. The maximum absolute atomic E-state index is 3.35. The number of hydrogen-bond acceptors (Lipinski definition) is 2. The van der Waals surface area contributed by atoms with Gasteiger partial charge < -0.3 is 5.32 Å². The van der Waals surface area contributed by atoms with E-state index in [1.807, 2.05) is 0 Å². The zero-order valence-electron chi connectivity index (χ0n) is 10.1. The lowest BCUT2D eigenvalue weighted by molar-refractivity contribution is 0.159. The first-order chi connectivity index (χ1) is 6.00. The Morgan fingerprint density at radius 2 is 1.69 bits per heavy atom. The fourth-order valence-electron chi connectivity index (χ4n) is 1.39. The van der Waals surface area contributed by atoms with Crippen LogP contribution in [0.15, 0.2) is 0 Å². The molecule has 0 bridgehead atoms. The van der Waals surface area contributed by atoms with E-state index in [0.717, 1.165) is 25.0 Å². The number of nitrogens with zero attached hydrogens (tertiary/aromatic N) is 1. The largest absolute Gasteiger partial charge is 0.305 e. The molecule has 0 aliphatic heterocycles. The van der Waals surface area contributed by atoms with E-state index in [-0.39, 0.29) is 0 Å². The molecular weight excluding hydrogens is 160 g/mol.